The third-order valence-corrected chi connectivity index (χ3v) is 4.13. The van der Waals surface area contributed by atoms with Gasteiger partial charge in [0, 0.05) is 12.5 Å². The molecule has 1 aromatic heterocycles. The molecular formula is C12H19N3O2S. The fourth-order valence-electron chi connectivity index (χ4n) is 2.18. The summed E-state index contributed by atoms with van der Waals surface area (Å²) < 4.78 is 5.46. The first kappa shape index (κ1) is 13.5. The van der Waals surface area contributed by atoms with E-state index in [9.17, 15) is 4.79 Å². The molecule has 0 unspecified atom stereocenters. The van der Waals surface area contributed by atoms with E-state index in [2.05, 4.69) is 15.6 Å². The van der Waals surface area contributed by atoms with Crippen LogP contribution in [-0.2, 0) is 16.1 Å². The number of ether oxygens (including phenoxy) is 1. The lowest BCUT2D eigenvalue weighted by Gasteiger charge is -2.34. The van der Waals surface area contributed by atoms with Gasteiger partial charge in [-0.15, -0.1) is 11.3 Å². The molecule has 6 heteroatoms. The van der Waals surface area contributed by atoms with Crippen LogP contribution in [-0.4, -0.2) is 36.7 Å². The van der Waals surface area contributed by atoms with Crippen molar-refractivity contribution >= 4 is 17.2 Å². The third-order valence-electron chi connectivity index (χ3n) is 3.31. The number of piperidine rings is 1. The quantitative estimate of drug-likeness (QED) is 0.850. The summed E-state index contributed by atoms with van der Waals surface area (Å²) in [5.74, 6) is -0.0304. The number of aryl methyl sites for hydroxylation is 1. The van der Waals surface area contributed by atoms with Crippen molar-refractivity contribution in [2.75, 3.05) is 20.2 Å². The second-order valence-electron chi connectivity index (χ2n) is 4.49. The van der Waals surface area contributed by atoms with E-state index < -0.39 is 5.60 Å². The van der Waals surface area contributed by atoms with Crippen LogP contribution in [0.1, 0.15) is 23.5 Å². The van der Waals surface area contributed by atoms with E-state index in [0.717, 1.165) is 23.8 Å². The van der Waals surface area contributed by atoms with Gasteiger partial charge in [-0.3, -0.25) is 4.79 Å². The number of hydrogen-bond acceptors (Lipinski definition) is 5. The first-order chi connectivity index (χ1) is 8.66. The van der Waals surface area contributed by atoms with Crippen molar-refractivity contribution in [2.45, 2.75) is 31.9 Å². The van der Waals surface area contributed by atoms with E-state index in [1.54, 1.807) is 18.4 Å². The largest absolute Gasteiger partial charge is 0.368 e. The molecule has 1 amide bonds. The first-order valence-corrected chi connectivity index (χ1v) is 6.99. The minimum atomic E-state index is -0.670. The zero-order valence-corrected chi connectivity index (χ0v) is 11.6. The zero-order valence-electron chi connectivity index (χ0n) is 10.8. The Balaban J connectivity index is 1.93. The highest BCUT2D eigenvalue weighted by Crippen LogP contribution is 2.22. The molecular weight excluding hydrogens is 250 g/mol. The van der Waals surface area contributed by atoms with Crippen LogP contribution in [0.3, 0.4) is 0 Å². The molecule has 100 valence electrons. The van der Waals surface area contributed by atoms with E-state index in [1.807, 2.05) is 12.3 Å². The predicted molar refractivity (Wildman–Crippen MR) is 70.5 cm³/mol. The van der Waals surface area contributed by atoms with Crippen molar-refractivity contribution in [3.8, 4) is 0 Å². The number of carbonyl (C=O) groups excluding carboxylic acids is 1. The average molecular weight is 269 g/mol. The van der Waals surface area contributed by atoms with E-state index >= 15 is 0 Å². The van der Waals surface area contributed by atoms with Crippen LogP contribution in [0.25, 0.3) is 0 Å². The molecule has 2 rings (SSSR count). The topological polar surface area (TPSA) is 63.2 Å². The van der Waals surface area contributed by atoms with Crippen LogP contribution in [0.2, 0.25) is 0 Å². The fraction of sp³-hybridized carbons (Fsp3) is 0.667. The fourth-order valence-corrected chi connectivity index (χ4v) is 2.79. The summed E-state index contributed by atoms with van der Waals surface area (Å²) in [6, 6.07) is 0. The number of aromatic nitrogens is 1. The number of carbonyl (C=O) groups is 1. The Kier molecular flexibility index (Phi) is 4.31. The normalized spacial score (nSPS) is 18.6. The van der Waals surface area contributed by atoms with Gasteiger partial charge in [-0.25, -0.2) is 4.98 Å². The number of nitrogens with one attached hydrogen (secondary N) is 2. The van der Waals surface area contributed by atoms with Crippen molar-refractivity contribution in [1.29, 1.82) is 0 Å². The molecule has 0 aromatic carbocycles. The van der Waals surface area contributed by atoms with Gasteiger partial charge in [-0.05, 0) is 32.9 Å². The molecule has 0 spiro atoms. The highest BCUT2D eigenvalue weighted by Gasteiger charge is 2.39. The summed E-state index contributed by atoms with van der Waals surface area (Å²) in [7, 11) is 1.61. The van der Waals surface area contributed by atoms with E-state index in [0.29, 0.717) is 19.4 Å². The van der Waals surface area contributed by atoms with Gasteiger partial charge in [-0.2, -0.15) is 0 Å². The molecule has 1 aromatic rings. The second-order valence-corrected chi connectivity index (χ2v) is 5.55. The van der Waals surface area contributed by atoms with E-state index in [4.69, 9.17) is 4.74 Å². The Morgan fingerprint density at radius 2 is 2.33 bits per heavy atom. The molecule has 1 aliphatic rings. The lowest BCUT2D eigenvalue weighted by Crippen LogP contribution is -2.53. The molecule has 2 heterocycles. The Morgan fingerprint density at radius 3 is 2.89 bits per heavy atom. The van der Waals surface area contributed by atoms with Gasteiger partial charge in [0.05, 0.1) is 17.2 Å². The number of rotatable bonds is 4. The molecule has 2 N–H and O–H groups in total. The molecule has 1 aliphatic heterocycles. The predicted octanol–water partition coefficient (Wildman–Crippen LogP) is 0.836. The molecule has 18 heavy (non-hydrogen) atoms. The number of methoxy groups -OCH3 is 1. The summed E-state index contributed by atoms with van der Waals surface area (Å²) >= 11 is 1.59. The number of amides is 1. The van der Waals surface area contributed by atoms with Crippen LogP contribution in [0.5, 0.6) is 0 Å². The standard InChI is InChI=1S/C12H19N3O2S/c1-9-15-10(8-18-9)7-14-11(16)12(17-2)3-5-13-6-4-12/h8,13H,3-7H2,1-2H3,(H,14,16). The van der Waals surface area contributed by atoms with Crippen LogP contribution in [0, 0.1) is 6.92 Å². The smallest absolute Gasteiger partial charge is 0.252 e. The molecule has 0 radical (unpaired) electrons. The molecule has 0 atom stereocenters. The molecule has 0 saturated carbocycles. The lowest BCUT2D eigenvalue weighted by molar-refractivity contribution is -0.146. The van der Waals surface area contributed by atoms with Crippen molar-refractivity contribution in [2.24, 2.45) is 0 Å². The first-order valence-electron chi connectivity index (χ1n) is 6.11. The summed E-state index contributed by atoms with van der Waals surface area (Å²) in [5.41, 5.74) is 0.238. The minimum Gasteiger partial charge on any atom is -0.368 e. The minimum absolute atomic E-state index is 0.0304. The maximum Gasteiger partial charge on any atom is 0.252 e. The third kappa shape index (κ3) is 2.88. The zero-order chi connectivity index (χ0) is 13.0. The molecule has 1 saturated heterocycles. The average Bonchev–Trinajstić information content (AvgIpc) is 2.82. The summed E-state index contributed by atoms with van der Waals surface area (Å²) in [4.78, 5) is 16.6. The van der Waals surface area contributed by atoms with Crippen LogP contribution in [0.15, 0.2) is 5.38 Å². The molecule has 5 nitrogen and oxygen atoms in total. The summed E-state index contributed by atoms with van der Waals surface area (Å²) in [5, 5.41) is 9.15. The number of thiazole rings is 1. The van der Waals surface area contributed by atoms with Gasteiger partial charge >= 0.3 is 0 Å². The van der Waals surface area contributed by atoms with Gasteiger partial charge in [0.2, 0.25) is 0 Å². The Hall–Kier alpha value is -0.980. The van der Waals surface area contributed by atoms with Gasteiger partial charge in [0.1, 0.15) is 5.60 Å². The van der Waals surface area contributed by atoms with Crippen molar-refractivity contribution in [3.05, 3.63) is 16.1 Å². The van der Waals surface area contributed by atoms with Crippen LogP contribution in [0.4, 0.5) is 0 Å². The van der Waals surface area contributed by atoms with Gasteiger partial charge in [-0.1, -0.05) is 0 Å². The number of nitrogens with zero attached hydrogens (tertiary/aromatic N) is 1. The van der Waals surface area contributed by atoms with Gasteiger partial charge in [0.25, 0.3) is 5.91 Å². The van der Waals surface area contributed by atoms with Crippen molar-refractivity contribution in [3.63, 3.8) is 0 Å². The van der Waals surface area contributed by atoms with Crippen LogP contribution < -0.4 is 10.6 Å². The maximum absolute atomic E-state index is 12.2. The lowest BCUT2D eigenvalue weighted by atomic mass is 9.91. The summed E-state index contributed by atoms with van der Waals surface area (Å²) in [6.45, 7) is 4.06. The maximum atomic E-state index is 12.2. The molecule has 0 aliphatic carbocycles. The van der Waals surface area contributed by atoms with Gasteiger partial charge < -0.3 is 15.4 Å². The highest BCUT2D eigenvalue weighted by atomic mass is 32.1. The SMILES string of the molecule is COC1(C(=O)NCc2csc(C)n2)CCNCC1. The Bertz CT molecular complexity index is 413. The molecule has 0 bridgehead atoms. The molecule has 1 fully saturated rings. The highest BCUT2D eigenvalue weighted by molar-refractivity contribution is 7.09. The number of hydrogen-bond donors (Lipinski definition) is 2. The van der Waals surface area contributed by atoms with Gasteiger partial charge in [0.15, 0.2) is 0 Å². The second kappa shape index (κ2) is 5.77. The Labute approximate surface area is 111 Å². The van der Waals surface area contributed by atoms with Crippen LogP contribution >= 0.6 is 11.3 Å². The summed E-state index contributed by atoms with van der Waals surface area (Å²) in [6.07, 6.45) is 1.43. The van der Waals surface area contributed by atoms with Crippen molar-refractivity contribution in [1.82, 2.24) is 15.6 Å². The Morgan fingerprint density at radius 1 is 1.61 bits per heavy atom. The van der Waals surface area contributed by atoms with E-state index in [1.165, 1.54) is 0 Å². The van der Waals surface area contributed by atoms with Crippen molar-refractivity contribution < 1.29 is 9.53 Å². The van der Waals surface area contributed by atoms with E-state index in [-0.39, 0.29) is 5.91 Å². The monoisotopic (exact) mass is 269 g/mol.